The molecular formula is C20H21FN6O2. The van der Waals surface area contributed by atoms with Crippen LogP contribution in [0.4, 0.5) is 21.7 Å². The number of anilines is 3. The minimum absolute atomic E-state index is 0.0596. The summed E-state index contributed by atoms with van der Waals surface area (Å²) in [5.41, 5.74) is 12.0. The first kappa shape index (κ1) is 20.0. The maximum absolute atomic E-state index is 14.5. The number of hydrogen-bond donors (Lipinski definition) is 4. The molecule has 0 bridgehead atoms. The van der Waals surface area contributed by atoms with Crippen LogP contribution in [0, 0.1) is 5.82 Å². The smallest absolute Gasteiger partial charge is 0.252 e. The first-order valence-corrected chi connectivity index (χ1v) is 9.07. The number of primary amides is 2. The lowest BCUT2D eigenvalue weighted by molar-refractivity contribution is -0.118. The summed E-state index contributed by atoms with van der Waals surface area (Å²) in [5.74, 6) is -2.41. The van der Waals surface area contributed by atoms with E-state index < -0.39 is 23.7 Å². The van der Waals surface area contributed by atoms with Crippen molar-refractivity contribution in [3.63, 3.8) is 0 Å². The Morgan fingerprint density at radius 1 is 1.17 bits per heavy atom. The Morgan fingerprint density at radius 3 is 2.66 bits per heavy atom. The number of aromatic nitrogens is 2. The molecule has 1 aromatic carbocycles. The zero-order valence-corrected chi connectivity index (χ0v) is 15.8. The molecule has 0 aliphatic heterocycles. The van der Waals surface area contributed by atoms with Gasteiger partial charge in [0.1, 0.15) is 11.9 Å². The third-order valence-corrected chi connectivity index (χ3v) is 4.34. The molecule has 29 heavy (non-hydrogen) atoms. The van der Waals surface area contributed by atoms with Gasteiger partial charge in [0.25, 0.3) is 5.91 Å². The predicted octanol–water partition coefficient (Wildman–Crippen LogP) is 2.68. The molecular weight excluding hydrogens is 375 g/mol. The van der Waals surface area contributed by atoms with Crippen molar-refractivity contribution in [3.05, 3.63) is 54.0 Å². The highest BCUT2D eigenvalue weighted by Crippen LogP contribution is 2.26. The van der Waals surface area contributed by atoms with Gasteiger partial charge in [-0.3, -0.25) is 14.6 Å². The molecule has 150 valence electrons. The van der Waals surface area contributed by atoms with Crippen molar-refractivity contribution in [3.8, 4) is 0 Å². The molecule has 3 rings (SSSR count). The highest BCUT2D eigenvalue weighted by atomic mass is 19.1. The van der Waals surface area contributed by atoms with Crippen molar-refractivity contribution in [2.75, 3.05) is 10.6 Å². The van der Waals surface area contributed by atoms with E-state index in [1.807, 2.05) is 19.1 Å². The van der Waals surface area contributed by atoms with E-state index >= 15 is 0 Å². The summed E-state index contributed by atoms with van der Waals surface area (Å²) >= 11 is 0. The van der Waals surface area contributed by atoms with Gasteiger partial charge in [-0.1, -0.05) is 19.4 Å². The van der Waals surface area contributed by atoms with Crippen LogP contribution in [-0.4, -0.2) is 27.8 Å². The zero-order chi connectivity index (χ0) is 21.0. The molecule has 0 unspecified atom stereocenters. The van der Waals surface area contributed by atoms with Gasteiger partial charge in [-0.15, -0.1) is 0 Å². The van der Waals surface area contributed by atoms with Crippen LogP contribution in [0.15, 0.2) is 42.6 Å². The Kier molecular flexibility index (Phi) is 5.87. The minimum Gasteiger partial charge on any atom is -0.368 e. The number of halogens is 1. The molecule has 2 heterocycles. The molecule has 0 radical (unpaired) electrons. The number of carbonyl (C=O) groups excluding carboxylic acids is 2. The molecule has 3 aromatic rings. The van der Waals surface area contributed by atoms with E-state index in [4.69, 9.17) is 11.5 Å². The standard InChI is InChI=1S/C20H21FN6O2/c1-2-4-16(18(23)29)26-20-14(21)10-13(17(22)28)19(27-20)25-12-6-7-15-11(9-12)5-3-8-24-15/h3,5-10,16H,2,4H2,1H3,(H2,22,28)(H2,23,29)(H2,25,26,27)/t16-/m1/s1. The number of nitrogens with one attached hydrogen (secondary N) is 2. The fraction of sp³-hybridized carbons (Fsp3) is 0.200. The summed E-state index contributed by atoms with van der Waals surface area (Å²) in [6, 6.07) is 9.24. The van der Waals surface area contributed by atoms with Crippen molar-refractivity contribution in [2.45, 2.75) is 25.8 Å². The van der Waals surface area contributed by atoms with Crippen molar-refractivity contribution in [1.82, 2.24) is 9.97 Å². The van der Waals surface area contributed by atoms with E-state index in [1.165, 1.54) is 0 Å². The van der Waals surface area contributed by atoms with Crippen LogP contribution in [0.5, 0.6) is 0 Å². The number of nitrogens with zero attached hydrogens (tertiary/aromatic N) is 2. The fourth-order valence-corrected chi connectivity index (χ4v) is 2.90. The van der Waals surface area contributed by atoms with Crippen molar-refractivity contribution >= 4 is 40.0 Å². The van der Waals surface area contributed by atoms with Crippen molar-refractivity contribution < 1.29 is 14.0 Å². The molecule has 0 aliphatic rings. The third-order valence-electron chi connectivity index (χ3n) is 4.34. The molecule has 0 aliphatic carbocycles. The van der Waals surface area contributed by atoms with Gasteiger partial charge < -0.3 is 22.1 Å². The van der Waals surface area contributed by atoms with Gasteiger partial charge in [0.2, 0.25) is 5.91 Å². The molecule has 2 amide bonds. The molecule has 0 saturated heterocycles. The van der Waals surface area contributed by atoms with E-state index in [1.54, 1.807) is 24.4 Å². The Bertz CT molecular complexity index is 1070. The highest BCUT2D eigenvalue weighted by Gasteiger charge is 2.20. The molecule has 9 heteroatoms. The summed E-state index contributed by atoms with van der Waals surface area (Å²) < 4.78 is 14.5. The summed E-state index contributed by atoms with van der Waals surface area (Å²) in [5, 5.41) is 6.56. The summed E-state index contributed by atoms with van der Waals surface area (Å²) in [6.45, 7) is 1.87. The lowest BCUT2D eigenvalue weighted by atomic mass is 10.1. The lowest BCUT2D eigenvalue weighted by Crippen LogP contribution is -2.36. The number of rotatable bonds is 8. The molecule has 8 nitrogen and oxygen atoms in total. The third kappa shape index (κ3) is 4.57. The maximum atomic E-state index is 14.5. The minimum atomic E-state index is -0.840. The summed E-state index contributed by atoms with van der Waals surface area (Å²) in [6.07, 6.45) is 2.76. The van der Waals surface area contributed by atoms with Crippen molar-refractivity contribution in [1.29, 1.82) is 0 Å². The second kappa shape index (κ2) is 8.51. The topological polar surface area (TPSA) is 136 Å². The van der Waals surface area contributed by atoms with E-state index in [0.29, 0.717) is 18.5 Å². The SMILES string of the molecule is CCC[C@@H](Nc1nc(Nc2ccc3ncccc3c2)c(C(N)=O)cc1F)C(N)=O. The van der Waals surface area contributed by atoms with Gasteiger partial charge >= 0.3 is 0 Å². The fourth-order valence-electron chi connectivity index (χ4n) is 2.90. The maximum Gasteiger partial charge on any atom is 0.252 e. The number of nitrogens with two attached hydrogens (primary N) is 2. The highest BCUT2D eigenvalue weighted by molar-refractivity contribution is 5.99. The summed E-state index contributed by atoms with van der Waals surface area (Å²) in [4.78, 5) is 31.8. The molecule has 0 spiro atoms. The van der Waals surface area contributed by atoms with Crippen LogP contribution in [0.2, 0.25) is 0 Å². The molecule has 1 atom stereocenters. The van der Waals surface area contributed by atoms with Crippen LogP contribution in [-0.2, 0) is 4.79 Å². The van der Waals surface area contributed by atoms with Crippen LogP contribution in [0.1, 0.15) is 30.1 Å². The quantitative estimate of drug-likeness (QED) is 0.462. The molecule has 2 aromatic heterocycles. The Balaban J connectivity index is 1.98. The Morgan fingerprint density at radius 2 is 1.97 bits per heavy atom. The summed E-state index contributed by atoms with van der Waals surface area (Å²) in [7, 11) is 0. The first-order chi connectivity index (χ1) is 13.9. The average Bonchev–Trinajstić information content (AvgIpc) is 2.69. The van der Waals surface area contributed by atoms with E-state index in [2.05, 4.69) is 20.6 Å². The van der Waals surface area contributed by atoms with Gasteiger partial charge in [-0.2, -0.15) is 0 Å². The number of benzene rings is 1. The van der Waals surface area contributed by atoms with E-state index in [9.17, 15) is 14.0 Å². The first-order valence-electron chi connectivity index (χ1n) is 9.07. The lowest BCUT2D eigenvalue weighted by Gasteiger charge is -2.18. The monoisotopic (exact) mass is 396 g/mol. The molecule has 0 fully saturated rings. The Hall–Kier alpha value is -3.75. The number of pyridine rings is 2. The predicted molar refractivity (Wildman–Crippen MR) is 109 cm³/mol. The van der Waals surface area contributed by atoms with Gasteiger partial charge in [-0.05, 0) is 36.8 Å². The number of carbonyl (C=O) groups is 2. The molecule has 0 saturated carbocycles. The van der Waals surface area contributed by atoms with Gasteiger partial charge in [0.05, 0.1) is 11.1 Å². The normalized spacial score (nSPS) is 11.8. The van der Waals surface area contributed by atoms with Crippen LogP contribution in [0.3, 0.4) is 0 Å². The zero-order valence-electron chi connectivity index (χ0n) is 15.8. The number of hydrogen-bond acceptors (Lipinski definition) is 6. The van der Waals surface area contributed by atoms with Crippen molar-refractivity contribution in [2.24, 2.45) is 11.5 Å². The largest absolute Gasteiger partial charge is 0.368 e. The molecule has 6 N–H and O–H groups in total. The van der Waals surface area contributed by atoms with Crippen LogP contribution in [0.25, 0.3) is 10.9 Å². The second-order valence-corrected chi connectivity index (χ2v) is 6.50. The van der Waals surface area contributed by atoms with Crippen LogP contribution < -0.4 is 22.1 Å². The van der Waals surface area contributed by atoms with E-state index in [-0.39, 0.29) is 17.2 Å². The second-order valence-electron chi connectivity index (χ2n) is 6.50. The number of amides is 2. The van der Waals surface area contributed by atoms with Gasteiger partial charge in [-0.25, -0.2) is 9.37 Å². The van der Waals surface area contributed by atoms with E-state index in [0.717, 1.165) is 17.0 Å². The Labute approximate surface area is 166 Å². The number of fused-ring (bicyclic) bond motifs is 1. The van der Waals surface area contributed by atoms with Gasteiger partial charge in [0.15, 0.2) is 11.6 Å². The van der Waals surface area contributed by atoms with Gasteiger partial charge in [0, 0.05) is 17.3 Å². The van der Waals surface area contributed by atoms with Crippen LogP contribution >= 0.6 is 0 Å². The average molecular weight is 396 g/mol.